The fraction of sp³-hybridized carbons (Fsp3) is 0.200. The fourth-order valence-electron chi connectivity index (χ4n) is 1.80. The minimum Gasteiger partial charge on any atom is -0.372 e. The lowest BCUT2D eigenvalue weighted by Crippen LogP contribution is -1.82. The summed E-state index contributed by atoms with van der Waals surface area (Å²) in [6, 6.07) is 6.38. The quantitative estimate of drug-likeness (QED) is 0.626. The number of benzene rings is 1. The Kier molecular flexibility index (Phi) is 1.10. The predicted octanol–water partition coefficient (Wildman–Crippen LogP) is 2.20. The summed E-state index contributed by atoms with van der Waals surface area (Å²) in [5.74, 6) is 0. The van der Waals surface area contributed by atoms with Crippen LogP contribution >= 0.6 is 0 Å². The van der Waals surface area contributed by atoms with E-state index in [1.54, 1.807) is 0 Å². The molecule has 0 saturated carbocycles. The van der Waals surface area contributed by atoms with Crippen LogP contribution in [0, 0.1) is 0 Å². The summed E-state index contributed by atoms with van der Waals surface area (Å²) in [5.41, 5.74) is 3.90. The molecule has 60 valence electrons. The SMILES string of the molecule is c1cc2ccc3c(c2[nH]1)COC3. The maximum Gasteiger partial charge on any atom is 0.0745 e. The van der Waals surface area contributed by atoms with E-state index in [-0.39, 0.29) is 0 Å². The van der Waals surface area contributed by atoms with E-state index < -0.39 is 0 Å². The highest BCUT2D eigenvalue weighted by Crippen LogP contribution is 2.26. The lowest BCUT2D eigenvalue weighted by molar-refractivity contribution is 0.135. The molecule has 2 heteroatoms. The second-order valence-electron chi connectivity index (χ2n) is 3.14. The first-order valence-electron chi connectivity index (χ1n) is 4.11. The average Bonchev–Trinajstić information content (AvgIpc) is 2.71. The minimum absolute atomic E-state index is 0.757. The van der Waals surface area contributed by atoms with Crippen LogP contribution in [-0.4, -0.2) is 4.98 Å². The second-order valence-corrected chi connectivity index (χ2v) is 3.14. The van der Waals surface area contributed by atoms with E-state index in [1.807, 2.05) is 6.20 Å². The molecule has 0 saturated heterocycles. The van der Waals surface area contributed by atoms with Gasteiger partial charge < -0.3 is 9.72 Å². The number of nitrogens with one attached hydrogen (secondary N) is 1. The molecule has 0 bridgehead atoms. The van der Waals surface area contributed by atoms with Gasteiger partial charge in [-0.25, -0.2) is 0 Å². The highest BCUT2D eigenvalue weighted by atomic mass is 16.5. The van der Waals surface area contributed by atoms with E-state index in [2.05, 4.69) is 23.2 Å². The van der Waals surface area contributed by atoms with Gasteiger partial charge in [-0.3, -0.25) is 0 Å². The first-order valence-corrected chi connectivity index (χ1v) is 4.11. The molecule has 2 aromatic rings. The molecule has 12 heavy (non-hydrogen) atoms. The van der Waals surface area contributed by atoms with Crippen LogP contribution in [-0.2, 0) is 18.0 Å². The van der Waals surface area contributed by atoms with Crippen molar-refractivity contribution in [3.8, 4) is 0 Å². The summed E-state index contributed by atoms with van der Waals surface area (Å²) >= 11 is 0. The predicted molar refractivity (Wildman–Crippen MR) is 46.8 cm³/mol. The van der Waals surface area contributed by atoms with Gasteiger partial charge in [0, 0.05) is 11.8 Å². The zero-order valence-corrected chi connectivity index (χ0v) is 6.63. The Morgan fingerprint density at radius 2 is 2.17 bits per heavy atom. The van der Waals surface area contributed by atoms with Crippen LogP contribution in [0.25, 0.3) is 10.9 Å². The lowest BCUT2D eigenvalue weighted by Gasteiger charge is -1.97. The fourth-order valence-corrected chi connectivity index (χ4v) is 1.80. The molecule has 3 rings (SSSR count). The van der Waals surface area contributed by atoms with E-state index in [1.165, 1.54) is 22.0 Å². The van der Waals surface area contributed by atoms with Crippen molar-refractivity contribution in [2.45, 2.75) is 13.2 Å². The molecule has 0 spiro atoms. The zero-order chi connectivity index (χ0) is 7.97. The highest BCUT2D eigenvalue weighted by molar-refractivity contribution is 5.83. The topological polar surface area (TPSA) is 25.0 Å². The number of hydrogen-bond donors (Lipinski definition) is 1. The monoisotopic (exact) mass is 159 g/mol. The molecule has 1 aliphatic heterocycles. The Balaban J connectivity index is 2.46. The highest BCUT2D eigenvalue weighted by Gasteiger charge is 2.14. The maximum absolute atomic E-state index is 5.37. The van der Waals surface area contributed by atoms with Crippen LogP contribution in [0.2, 0.25) is 0 Å². The molecule has 0 fully saturated rings. The summed E-state index contributed by atoms with van der Waals surface area (Å²) in [4.78, 5) is 3.24. The van der Waals surface area contributed by atoms with Crippen LogP contribution in [0.5, 0.6) is 0 Å². The van der Waals surface area contributed by atoms with Gasteiger partial charge >= 0.3 is 0 Å². The summed E-state index contributed by atoms with van der Waals surface area (Å²) in [7, 11) is 0. The normalized spacial score (nSPS) is 15.3. The van der Waals surface area contributed by atoms with E-state index in [4.69, 9.17) is 4.74 Å². The van der Waals surface area contributed by atoms with Gasteiger partial charge in [0.2, 0.25) is 0 Å². The van der Waals surface area contributed by atoms with Gasteiger partial charge in [-0.2, -0.15) is 0 Å². The Morgan fingerprint density at radius 3 is 3.17 bits per heavy atom. The van der Waals surface area contributed by atoms with Crippen molar-refractivity contribution in [3.05, 3.63) is 35.5 Å². The second kappa shape index (κ2) is 2.11. The van der Waals surface area contributed by atoms with E-state index in [0.717, 1.165) is 13.2 Å². The van der Waals surface area contributed by atoms with Gasteiger partial charge in [0.05, 0.1) is 18.7 Å². The first kappa shape index (κ1) is 6.26. The smallest absolute Gasteiger partial charge is 0.0745 e. The van der Waals surface area contributed by atoms with Crippen molar-refractivity contribution in [2.24, 2.45) is 0 Å². The van der Waals surface area contributed by atoms with Gasteiger partial charge in [0.25, 0.3) is 0 Å². The van der Waals surface area contributed by atoms with Gasteiger partial charge in [0.1, 0.15) is 0 Å². The van der Waals surface area contributed by atoms with Crippen LogP contribution in [0.4, 0.5) is 0 Å². The van der Waals surface area contributed by atoms with Crippen molar-refractivity contribution >= 4 is 10.9 Å². The number of H-pyrrole nitrogens is 1. The number of aromatic nitrogens is 1. The molecular weight excluding hydrogens is 150 g/mol. The molecule has 1 aromatic heterocycles. The summed E-state index contributed by atoms with van der Waals surface area (Å²) in [6.07, 6.45) is 1.98. The van der Waals surface area contributed by atoms with Crippen LogP contribution in [0.3, 0.4) is 0 Å². The molecule has 1 aromatic carbocycles. The Hall–Kier alpha value is -1.28. The number of fused-ring (bicyclic) bond motifs is 3. The summed E-state index contributed by atoms with van der Waals surface area (Å²) in [5, 5.41) is 1.28. The standard InChI is InChI=1S/C10H9NO/c1-2-8-5-12-6-9(8)10-7(1)3-4-11-10/h1-4,11H,5-6H2. The van der Waals surface area contributed by atoms with E-state index in [9.17, 15) is 0 Å². The molecular formula is C10H9NO. The average molecular weight is 159 g/mol. The minimum atomic E-state index is 0.757. The Bertz CT molecular complexity index is 430. The number of aromatic amines is 1. The number of ether oxygens (including phenoxy) is 1. The van der Waals surface area contributed by atoms with Gasteiger partial charge in [-0.05, 0) is 17.0 Å². The van der Waals surface area contributed by atoms with Gasteiger partial charge in [0.15, 0.2) is 0 Å². The molecule has 0 radical (unpaired) electrons. The van der Waals surface area contributed by atoms with Crippen LogP contribution in [0.1, 0.15) is 11.1 Å². The van der Waals surface area contributed by atoms with E-state index >= 15 is 0 Å². The molecule has 2 nitrogen and oxygen atoms in total. The molecule has 2 heterocycles. The van der Waals surface area contributed by atoms with Crippen LogP contribution < -0.4 is 0 Å². The third-order valence-electron chi connectivity index (χ3n) is 2.44. The van der Waals surface area contributed by atoms with Crippen LogP contribution in [0.15, 0.2) is 24.4 Å². The number of rotatable bonds is 0. The van der Waals surface area contributed by atoms with Crippen molar-refractivity contribution < 1.29 is 4.74 Å². The maximum atomic E-state index is 5.37. The lowest BCUT2D eigenvalue weighted by atomic mass is 10.1. The summed E-state index contributed by atoms with van der Waals surface area (Å²) in [6.45, 7) is 1.53. The Morgan fingerprint density at radius 1 is 1.17 bits per heavy atom. The van der Waals surface area contributed by atoms with Crippen molar-refractivity contribution in [1.29, 1.82) is 0 Å². The first-order chi connectivity index (χ1) is 5.95. The third kappa shape index (κ3) is 0.676. The van der Waals surface area contributed by atoms with Gasteiger partial charge in [-0.15, -0.1) is 0 Å². The van der Waals surface area contributed by atoms with Gasteiger partial charge in [-0.1, -0.05) is 12.1 Å². The van der Waals surface area contributed by atoms with Crippen molar-refractivity contribution in [1.82, 2.24) is 4.98 Å². The largest absolute Gasteiger partial charge is 0.372 e. The van der Waals surface area contributed by atoms with Crippen molar-refractivity contribution in [3.63, 3.8) is 0 Å². The van der Waals surface area contributed by atoms with E-state index in [0.29, 0.717) is 0 Å². The third-order valence-corrected chi connectivity index (χ3v) is 2.44. The number of hydrogen-bond acceptors (Lipinski definition) is 1. The molecule has 0 aliphatic carbocycles. The molecule has 0 atom stereocenters. The molecule has 0 unspecified atom stereocenters. The Labute approximate surface area is 70.2 Å². The molecule has 1 N–H and O–H groups in total. The van der Waals surface area contributed by atoms with Crippen molar-refractivity contribution in [2.75, 3.05) is 0 Å². The molecule has 0 amide bonds. The molecule has 1 aliphatic rings. The zero-order valence-electron chi connectivity index (χ0n) is 6.63. The summed E-state index contributed by atoms with van der Waals surface area (Å²) < 4.78 is 5.37.